The van der Waals surface area contributed by atoms with Gasteiger partial charge in [0.2, 0.25) is 0 Å². The van der Waals surface area contributed by atoms with Gasteiger partial charge in [-0.25, -0.2) is 0 Å². The van der Waals surface area contributed by atoms with Crippen molar-refractivity contribution in [2.75, 3.05) is 0 Å². The third-order valence-corrected chi connectivity index (χ3v) is 3.00. The molecule has 72 valence electrons. The van der Waals surface area contributed by atoms with Crippen LogP contribution < -0.4 is 0 Å². The smallest absolute Gasteiger partial charge is 0.0996 e. The van der Waals surface area contributed by atoms with E-state index in [0.29, 0.717) is 6.04 Å². The summed E-state index contributed by atoms with van der Waals surface area (Å²) in [6.07, 6.45) is 11.3. The van der Waals surface area contributed by atoms with Gasteiger partial charge in [-0.05, 0) is 30.2 Å². The molecule has 0 bridgehead atoms. The average Bonchev–Trinajstić information content (AvgIpc) is 2.76. The summed E-state index contributed by atoms with van der Waals surface area (Å²) in [4.78, 5) is 0. The fraction of sp³-hybridized carbons (Fsp3) is 0.154. The van der Waals surface area contributed by atoms with Crippen LogP contribution in [-0.4, -0.2) is 4.57 Å². The fourth-order valence-electron chi connectivity index (χ4n) is 2.29. The molecule has 0 saturated heterocycles. The number of hydrogen-bond acceptors (Lipinski definition) is 1. The Hall–Kier alpha value is -2.01. The van der Waals surface area contributed by atoms with Gasteiger partial charge in [0.15, 0.2) is 0 Å². The van der Waals surface area contributed by atoms with Gasteiger partial charge in [-0.2, -0.15) is 5.26 Å². The second kappa shape index (κ2) is 2.99. The minimum Gasteiger partial charge on any atom is -0.340 e. The van der Waals surface area contributed by atoms with Crippen molar-refractivity contribution < 1.29 is 0 Å². The molecule has 3 rings (SSSR count). The number of allylic oxidation sites excluding steroid dienone is 5. The lowest BCUT2D eigenvalue weighted by atomic mass is 9.89. The summed E-state index contributed by atoms with van der Waals surface area (Å²) >= 11 is 0. The Labute approximate surface area is 88.4 Å². The van der Waals surface area contributed by atoms with Crippen LogP contribution in [0.5, 0.6) is 0 Å². The van der Waals surface area contributed by atoms with E-state index in [9.17, 15) is 0 Å². The van der Waals surface area contributed by atoms with Crippen molar-refractivity contribution in [3.05, 3.63) is 53.4 Å². The van der Waals surface area contributed by atoms with E-state index in [-0.39, 0.29) is 0 Å². The molecule has 2 heterocycles. The van der Waals surface area contributed by atoms with Gasteiger partial charge in [0.1, 0.15) is 0 Å². The third-order valence-electron chi connectivity index (χ3n) is 3.00. The number of rotatable bonds is 0. The SMILES string of the molecule is N#CC1=Cc2cccn2C2CC=CC=C12. The van der Waals surface area contributed by atoms with Crippen LogP contribution in [0, 0.1) is 11.3 Å². The molecule has 2 heteroatoms. The van der Waals surface area contributed by atoms with E-state index in [4.69, 9.17) is 5.26 Å². The maximum absolute atomic E-state index is 9.10. The Bertz CT molecular complexity index is 535. The summed E-state index contributed by atoms with van der Waals surface area (Å²) in [6.45, 7) is 0. The molecule has 0 aromatic carbocycles. The first kappa shape index (κ1) is 8.31. The number of nitrogens with zero attached hydrogens (tertiary/aromatic N) is 2. The van der Waals surface area contributed by atoms with E-state index in [0.717, 1.165) is 23.3 Å². The Morgan fingerprint density at radius 3 is 3.27 bits per heavy atom. The van der Waals surface area contributed by atoms with Crippen LogP contribution in [0.1, 0.15) is 18.2 Å². The Morgan fingerprint density at radius 2 is 2.40 bits per heavy atom. The topological polar surface area (TPSA) is 28.7 Å². The van der Waals surface area contributed by atoms with Gasteiger partial charge >= 0.3 is 0 Å². The zero-order valence-electron chi connectivity index (χ0n) is 8.22. The fourth-order valence-corrected chi connectivity index (χ4v) is 2.29. The Morgan fingerprint density at radius 1 is 1.47 bits per heavy atom. The summed E-state index contributed by atoms with van der Waals surface area (Å²) in [5.74, 6) is 0. The number of nitriles is 1. The Balaban J connectivity index is 2.24. The molecule has 15 heavy (non-hydrogen) atoms. The van der Waals surface area contributed by atoms with Gasteiger partial charge in [-0.3, -0.25) is 0 Å². The maximum atomic E-state index is 9.10. The predicted molar refractivity (Wildman–Crippen MR) is 58.9 cm³/mol. The highest BCUT2D eigenvalue weighted by Gasteiger charge is 2.25. The zero-order chi connectivity index (χ0) is 10.3. The van der Waals surface area contributed by atoms with Crippen molar-refractivity contribution in [1.29, 1.82) is 5.26 Å². The summed E-state index contributed by atoms with van der Waals surface area (Å²) in [5.41, 5.74) is 3.07. The van der Waals surface area contributed by atoms with Crippen molar-refractivity contribution in [3.8, 4) is 6.07 Å². The maximum Gasteiger partial charge on any atom is 0.0996 e. The molecule has 0 amide bonds. The van der Waals surface area contributed by atoms with Gasteiger partial charge in [-0.1, -0.05) is 18.2 Å². The highest BCUT2D eigenvalue weighted by atomic mass is 15.0. The zero-order valence-corrected chi connectivity index (χ0v) is 8.22. The minimum absolute atomic E-state index is 0.319. The molecule has 1 aliphatic heterocycles. The molecule has 1 aromatic rings. The highest BCUT2D eigenvalue weighted by Crippen LogP contribution is 2.36. The quantitative estimate of drug-likeness (QED) is 0.624. The molecule has 2 nitrogen and oxygen atoms in total. The average molecular weight is 194 g/mol. The van der Waals surface area contributed by atoms with Crippen LogP contribution in [0.3, 0.4) is 0 Å². The molecule has 1 aromatic heterocycles. The van der Waals surface area contributed by atoms with E-state index >= 15 is 0 Å². The molecule has 0 fully saturated rings. The number of fused-ring (bicyclic) bond motifs is 3. The lowest BCUT2D eigenvalue weighted by Gasteiger charge is -2.28. The van der Waals surface area contributed by atoms with Crippen molar-refractivity contribution in [3.63, 3.8) is 0 Å². The summed E-state index contributed by atoms with van der Waals surface area (Å²) in [5, 5.41) is 9.10. The van der Waals surface area contributed by atoms with E-state index in [2.05, 4.69) is 22.9 Å². The summed E-state index contributed by atoms with van der Waals surface area (Å²) in [7, 11) is 0. The predicted octanol–water partition coefficient (Wildman–Crippen LogP) is 2.84. The molecule has 1 atom stereocenters. The first-order valence-electron chi connectivity index (χ1n) is 5.06. The van der Waals surface area contributed by atoms with Crippen LogP contribution >= 0.6 is 0 Å². The van der Waals surface area contributed by atoms with Gasteiger partial charge in [0.05, 0.1) is 17.7 Å². The molecule has 2 aliphatic rings. The molecule has 0 radical (unpaired) electrons. The lowest BCUT2D eigenvalue weighted by Crippen LogP contribution is -2.17. The summed E-state index contributed by atoms with van der Waals surface area (Å²) in [6, 6.07) is 6.68. The number of hydrogen-bond donors (Lipinski definition) is 0. The second-order valence-electron chi connectivity index (χ2n) is 3.81. The Kier molecular flexibility index (Phi) is 1.66. The molecule has 1 aliphatic carbocycles. The van der Waals surface area contributed by atoms with Crippen LogP contribution in [-0.2, 0) is 0 Å². The largest absolute Gasteiger partial charge is 0.340 e. The van der Waals surface area contributed by atoms with E-state index in [1.54, 1.807) is 0 Å². The molecule has 0 saturated carbocycles. The van der Waals surface area contributed by atoms with E-state index < -0.39 is 0 Å². The van der Waals surface area contributed by atoms with Gasteiger partial charge < -0.3 is 4.57 Å². The van der Waals surface area contributed by atoms with Gasteiger partial charge in [0.25, 0.3) is 0 Å². The second-order valence-corrected chi connectivity index (χ2v) is 3.81. The lowest BCUT2D eigenvalue weighted by molar-refractivity contribution is 0.575. The van der Waals surface area contributed by atoms with Crippen molar-refractivity contribution in [2.45, 2.75) is 12.5 Å². The molecular weight excluding hydrogens is 184 g/mol. The van der Waals surface area contributed by atoms with Gasteiger partial charge in [-0.15, -0.1) is 0 Å². The van der Waals surface area contributed by atoms with E-state index in [1.807, 2.05) is 30.4 Å². The van der Waals surface area contributed by atoms with E-state index in [1.165, 1.54) is 0 Å². The first-order valence-corrected chi connectivity index (χ1v) is 5.06. The monoisotopic (exact) mass is 194 g/mol. The van der Waals surface area contributed by atoms with Gasteiger partial charge in [0, 0.05) is 11.9 Å². The van der Waals surface area contributed by atoms with Crippen LogP contribution in [0.25, 0.3) is 6.08 Å². The third kappa shape index (κ3) is 1.10. The van der Waals surface area contributed by atoms with Crippen molar-refractivity contribution in [2.24, 2.45) is 0 Å². The minimum atomic E-state index is 0.319. The standard InChI is InChI=1S/C13H10N2/c14-9-10-8-11-4-3-7-15(11)13-6-2-1-5-12(10)13/h1-5,7-8,13H,6H2. The van der Waals surface area contributed by atoms with Crippen LogP contribution in [0.4, 0.5) is 0 Å². The van der Waals surface area contributed by atoms with Crippen LogP contribution in [0.15, 0.2) is 47.7 Å². The molecular formula is C13H10N2. The van der Waals surface area contributed by atoms with Crippen molar-refractivity contribution >= 4 is 6.08 Å². The van der Waals surface area contributed by atoms with Crippen LogP contribution in [0.2, 0.25) is 0 Å². The number of aromatic nitrogens is 1. The molecule has 0 spiro atoms. The van der Waals surface area contributed by atoms with Crippen molar-refractivity contribution in [1.82, 2.24) is 4.57 Å². The molecule has 0 N–H and O–H groups in total. The normalized spacial score (nSPS) is 22.2. The summed E-state index contributed by atoms with van der Waals surface area (Å²) < 4.78 is 2.23. The first-order chi connectivity index (χ1) is 7.40. The molecule has 1 unspecified atom stereocenters. The highest BCUT2D eigenvalue weighted by molar-refractivity contribution is 5.67.